The molecular weight excluding hydrogens is 330 g/mol. The SMILES string of the molecule is O=C(CNC(=O)c1ccccc1)NCc1nccc(N2CCCCC2)n1. The van der Waals surface area contributed by atoms with Crippen LogP contribution in [0, 0.1) is 0 Å². The smallest absolute Gasteiger partial charge is 0.251 e. The second-order valence-corrected chi connectivity index (χ2v) is 6.20. The maximum absolute atomic E-state index is 11.9. The van der Waals surface area contributed by atoms with Gasteiger partial charge in [0.05, 0.1) is 13.1 Å². The third-order valence-electron chi connectivity index (χ3n) is 4.26. The van der Waals surface area contributed by atoms with Gasteiger partial charge in [-0.15, -0.1) is 0 Å². The van der Waals surface area contributed by atoms with Crippen LogP contribution in [0.3, 0.4) is 0 Å². The van der Waals surface area contributed by atoms with Gasteiger partial charge in [-0.1, -0.05) is 18.2 Å². The van der Waals surface area contributed by atoms with Crippen molar-refractivity contribution >= 4 is 17.6 Å². The van der Waals surface area contributed by atoms with Crippen molar-refractivity contribution in [3.05, 3.63) is 54.0 Å². The highest BCUT2D eigenvalue weighted by Gasteiger charge is 2.13. The van der Waals surface area contributed by atoms with E-state index < -0.39 is 0 Å². The predicted octanol–water partition coefficient (Wildman–Crippen LogP) is 1.51. The zero-order valence-corrected chi connectivity index (χ0v) is 14.6. The Balaban J connectivity index is 1.46. The molecule has 1 aromatic carbocycles. The molecule has 0 bridgehead atoms. The highest BCUT2D eigenvalue weighted by atomic mass is 16.2. The standard InChI is InChI=1S/C19H23N5O2/c25-18(14-22-19(26)15-7-3-1-4-8-15)21-13-16-20-10-9-17(23-16)24-11-5-2-6-12-24/h1,3-4,7-10H,2,5-6,11-14H2,(H,21,25)(H,22,26). The number of carbonyl (C=O) groups is 2. The summed E-state index contributed by atoms with van der Waals surface area (Å²) in [6.07, 6.45) is 5.34. The van der Waals surface area contributed by atoms with Crippen molar-refractivity contribution in [1.82, 2.24) is 20.6 Å². The molecule has 1 aliphatic rings. The summed E-state index contributed by atoms with van der Waals surface area (Å²) < 4.78 is 0. The van der Waals surface area contributed by atoms with Crippen molar-refractivity contribution in [2.24, 2.45) is 0 Å². The molecule has 0 atom stereocenters. The van der Waals surface area contributed by atoms with Crippen LogP contribution < -0.4 is 15.5 Å². The molecule has 7 nitrogen and oxygen atoms in total. The monoisotopic (exact) mass is 353 g/mol. The van der Waals surface area contributed by atoms with E-state index in [-0.39, 0.29) is 24.9 Å². The van der Waals surface area contributed by atoms with E-state index >= 15 is 0 Å². The summed E-state index contributed by atoms with van der Waals surface area (Å²) in [4.78, 5) is 34.8. The summed E-state index contributed by atoms with van der Waals surface area (Å²) in [6.45, 7) is 2.17. The fraction of sp³-hybridized carbons (Fsp3) is 0.368. The molecule has 0 unspecified atom stereocenters. The Bertz CT molecular complexity index is 745. The van der Waals surface area contributed by atoms with Crippen LogP contribution in [0.25, 0.3) is 0 Å². The molecule has 2 aromatic rings. The number of amides is 2. The van der Waals surface area contributed by atoms with Crippen LogP contribution in [0.4, 0.5) is 5.82 Å². The van der Waals surface area contributed by atoms with Crippen molar-refractivity contribution in [3.8, 4) is 0 Å². The van der Waals surface area contributed by atoms with Gasteiger partial charge in [0.2, 0.25) is 5.91 Å². The first-order valence-corrected chi connectivity index (χ1v) is 8.89. The first-order valence-electron chi connectivity index (χ1n) is 8.89. The molecule has 7 heteroatoms. The lowest BCUT2D eigenvalue weighted by Gasteiger charge is -2.27. The molecule has 1 aromatic heterocycles. The molecule has 1 saturated heterocycles. The largest absolute Gasteiger partial charge is 0.357 e. The van der Waals surface area contributed by atoms with Crippen LogP contribution in [0.2, 0.25) is 0 Å². The molecular formula is C19H23N5O2. The number of aromatic nitrogens is 2. The maximum atomic E-state index is 11.9. The van der Waals surface area contributed by atoms with E-state index in [0.717, 1.165) is 18.9 Å². The molecule has 26 heavy (non-hydrogen) atoms. The van der Waals surface area contributed by atoms with Crippen LogP contribution in [-0.2, 0) is 11.3 Å². The summed E-state index contributed by atoms with van der Waals surface area (Å²) in [5.41, 5.74) is 0.526. The molecule has 1 aliphatic heterocycles. The van der Waals surface area contributed by atoms with E-state index in [0.29, 0.717) is 11.4 Å². The molecule has 0 radical (unpaired) electrons. The lowest BCUT2D eigenvalue weighted by molar-refractivity contribution is -0.120. The Kier molecular flexibility index (Phi) is 6.14. The average Bonchev–Trinajstić information content (AvgIpc) is 2.72. The van der Waals surface area contributed by atoms with Gasteiger partial charge in [-0.25, -0.2) is 9.97 Å². The van der Waals surface area contributed by atoms with E-state index in [9.17, 15) is 9.59 Å². The van der Waals surface area contributed by atoms with Gasteiger partial charge >= 0.3 is 0 Å². The summed E-state index contributed by atoms with van der Waals surface area (Å²) in [5, 5.41) is 5.34. The number of nitrogens with zero attached hydrogens (tertiary/aromatic N) is 3. The Labute approximate surface area is 152 Å². The number of piperidine rings is 1. The number of hydrogen-bond acceptors (Lipinski definition) is 5. The van der Waals surface area contributed by atoms with Crippen LogP contribution in [0.15, 0.2) is 42.6 Å². The Morgan fingerprint density at radius 3 is 2.54 bits per heavy atom. The number of benzene rings is 1. The highest BCUT2D eigenvalue weighted by molar-refractivity contribution is 5.96. The average molecular weight is 353 g/mol. The summed E-state index contributed by atoms with van der Waals surface area (Å²) >= 11 is 0. The first-order chi connectivity index (χ1) is 12.7. The van der Waals surface area contributed by atoms with Crippen molar-refractivity contribution in [1.29, 1.82) is 0 Å². The van der Waals surface area contributed by atoms with Gasteiger partial charge in [0.15, 0.2) is 0 Å². The van der Waals surface area contributed by atoms with Gasteiger partial charge in [-0.2, -0.15) is 0 Å². The van der Waals surface area contributed by atoms with Crippen molar-refractivity contribution in [2.75, 3.05) is 24.5 Å². The van der Waals surface area contributed by atoms with Crippen LogP contribution >= 0.6 is 0 Å². The summed E-state index contributed by atoms with van der Waals surface area (Å²) in [7, 11) is 0. The van der Waals surface area contributed by atoms with E-state index in [2.05, 4.69) is 25.5 Å². The van der Waals surface area contributed by atoms with Crippen LogP contribution in [0.1, 0.15) is 35.4 Å². The Morgan fingerprint density at radius 2 is 1.77 bits per heavy atom. The van der Waals surface area contributed by atoms with Crippen molar-refractivity contribution in [3.63, 3.8) is 0 Å². The fourth-order valence-corrected chi connectivity index (χ4v) is 2.86. The molecule has 2 amide bonds. The second kappa shape index (κ2) is 8.94. The molecule has 2 N–H and O–H groups in total. The van der Waals surface area contributed by atoms with Gasteiger partial charge in [-0.05, 0) is 37.5 Å². The van der Waals surface area contributed by atoms with E-state index in [1.54, 1.807) is 30.5 Å². The molecule has 0 aliphatic carbocycles. The fourth-order valence-electron chi connectivity index (χ4n) is 2.86. The predicted molar refractivity (Wildman–Crippen MR) is 98.7 cm³/mol. The molecule has 3 rings (SSSR count). The normalized spacial score (nSPS) is 13.9. The summed E-state index contributed by atoms with van der Waals surface area (Å²) in [6, 6.07) is 10.7. The molecule has 2 heterocycles. The molecule has 0 spiro atoms. The molecule has 0 saturated carbocycles. The van der Waals surface area contributed by atoms with Gasteiger partial charge in [0, 0.05) is 24.8 Å². The van der Waals surface area contributed by atoms with Gasteiger partial charge < -0.3 is 15.5 Å². The second-order valence-electron chi connectivity index (χ2n) is 6.20. The number of rotatable bonds is 6. The van der Waals surface area contributed by atoms with E-state index in [1.807, 2.05) is 12.1 Å². The molecule has 1 fully saturated rings. The lowest BCUT2D eigenvalue weighted by Crippen LogP contribution is -2.37. The number of anilines is 1. The minimum absolute atomic E-state index is 0.0838. The quantitative estimate of drug-likeness (QED) is 0.822. The number of nitrogens with one attached hydrogen (secondary N) is 2. The zero-order chi connectivity index (χ0) is 18.2. The third kappa shape index (κ3) is 5.02. The number of carbonyl (C=O) groups excluding carboxylic acids is 2. The minimum atomic E-state index is -0.277. The van der Waals surface area contributed by atoms with Gasteiger partial charge in [-0.3, -0.25) is 9.59 Å². The maximum Gasteiger partial charge on any atom is 0.251 e. The van der Waals surface area contributed by atoms with Crippen LogP contribution in [0.5, 0.6) is 0 Å². The molecule has 136 valence electrons. The van der Waals surface area contributed by atoms with E-state index in [4.69, 9.17) is 0 Å². The zero-order valence-electron chi connectivity index (χ0n) is 14.6. The van der Waals surface area contributed by atoms with Gasteiger partial charge in [0.1, 0.15) is 11.6 Å². The first kappa shape index (κ1) is 17.8. The van der Waals surface area contributed by atoms with Crippen molar-refractivity contribution in [2.45, 2.75) is 25.8 Å². The van der Waals surface area contributed by atoms with Crippen LogP contribution in [-0.4, -0.2) is 41.4 Å². The van der Waals surface area contributed by atoms with Gasteiger partial charge in [0.25, 0.3) is 5.91 Å². The summed E-state index contributed by atoms with van der Waals surface area (Å²) in [5.74, 6) is 0.919. The highest BCUT2D eigenvalue weighted by Crippen LogP contribution is 2.16. The Morgan fingerprint density at radius 1 is 1.00 bits per heavy atom. The van der Waals surface area contributed by atoms with E-state index in [1.165, 1.54) is 19.3 Å². The third-order valence-corrected chi connectivity index (χ3v) is 4.26. The number of hydrogen-bond donors (Lipinski definition) is 2. The van der Waals surface area contributed by atoms with Crippen molar-refractivity contribution < 1.29 is 9.59 Å². The Hall–Kier alpha value is -2.96. The lowest BCUT2D eigenvalue weighted by atomic mass is 10.1. The topological polar surface area (TPSA) is 87.2 Å². The minimum Gasteiger partial charge on any atom is -0.357 e.